The van der Waals surface area contributed by atoms with Gasteiger partial charge >= 0.3 is 0 Å². The molecule has 0 atom stereocenters. The summed E-state index contributed by atoms with van der Waals surface area (Å²) in [5.41, 5.74) is 2.16. The van der Waals surface area contributed by atoms with Gasteiger partial charge in [-0.25, -0.2) is 4.39 Å². The second-order valence-corrected chi connectivity index (χ2v) is 4.92. The minimum Gasteiger partial charge on any atom is -0.356 e. The minimum absolute atomic E-state index is 0.198. The van der Waals surface area contributed by atoms with Gasteiger partial charge in [0, 0.05) is 32.5 Å². The highest BCUT2D eigenvalue weighted by Crippen LogP contribution is 2.03. The first-order valence-corrected chi connectivity index (χ1v) is 7.36. The molecular weight excluding hydrogens is 279 g/mol. The lowest BCUT2D eigenvalue weighted by Crippen LogP contribution is -2.39. The highest BCUT2D eigenvalue weighted by Gasteiger charge is 1.99. The SMILES string of the molecule is CN=C(NCCc1cccnc1)NCCc1cccc(F)c1. The van der Waals surface area contributed by atoms with Crippen LogP contribution in [0.15, 0.2) is 53.8 Å². The summed E-state index contributed by atoms with van der Waals surface area (Å²) in [6.07, 6.45) is 5.27. The molecule has 0 aliphatic carbocycles. The van der Waals surface area contributed by atoms with Crippen molar-refractivity contribution in [2.75, 3.05) is 20.1 Å². The summed E-state index contributed by atoms with van der Waals surface area (Å²) in [7, 11) is 1.74. The number of halogens is 1. The van der Waals surface area contributed by atoms with Gasteiger partial charge in [0.15, 0.2) is 5.96 Å². The third-order valence-electron chi connectivity index (χ3n) is 3.25. The van der Waals surface area contributed by atoms with Crippen LogP contribution in [0, 0.1) is 5.82 Å². The Morgan fingerprint density at radius 3 is 2.45 bits per heavy atom. The monoisotopic (exact) mass is 300 g/mol. The molecule has 5 heteroatoms. The van der Waals surface area contributed by atoms with E-state index in [4.69, 9.17) is 0 Å². The molecule has 1 heterocycles. The Morgan fingerprint density at radius 2 is 1.82 bits per heavy atom. The number of benzene rings is 1. The molecule has 0 aliphatic rings. The maximum Gasteiger partial charge on any atom is 0.190 e. The fourth-order valence-electron chi connectivity index (χ4n) is 2.11. The van der Waals surface area contributed by atoms with E-state index in [1.54, 1.807) is 25.4 Å². The van der Waals surface area contributed by atoms with E-state index < -0.39 is 0 Å². The van der Waals surface area contributed by atoms with Crippen molar-refractivity contribution >= 4 is 5.96 Å². The molecule has 2 N–H and O–H groups in total. The molecule has 1 aromatic heterocycles. The average molecular weight is 300 g/mol. The fourth-order valence-corrected chi connectivity index (χ4v) is 2.11. The van der Waals surface area contributed by atoms with Gasteiger partial charge in [-0.15, -0.1) is 0 Å². The third-order valence-corrected chi connectivity index (χ3v) is 3.25. The molecular formula is C17H21FN4. The van der Waals surface area contributed by atoms with E-state index in [9.17, 15) is 4.39 Å². The molecule has 22 heavy (non-hydrogen) atoms. The van der Waals surface area contributed by atoms with E-state index in [1.807, 2.05) is 18.3 Å². The van der Waals surface area contributed by atoms with Crippen LogP contribution in [0.4, 0.5) is 4.39 Å². The Bertz CT molecular complexity index is 599. The molecule has 0 aliphatic heterocycles. The van der Waals surface area contributed by atoms with Crippen molar-refractivity contribution in [2.45, 2.75) is 12.8 Å². The van der Waals surface area contributed by atoms with E-state index in [1.165, 1.54) is 11.6 Å². The Kier molecular flexibility index (Phi) is 6.36. The summed E-state index contributed by atoms with van der Waals surface area (Å²) >= 11 is 0. The second-order valence-electron chi connectivity index (χ2n) is 4.92. The Balaban J connectivity index is 1.69. The summed E-state index contributed by atoms with van der Waals surface area (Å²) in [6.45, 7) is 1.49. The molecule has 0 unspecified atom stereocenters. The minimum atomic E-state index is -0.198. The van der Waals surface area contributed by atoms with Crippen LogP contribution in [0.3, 0.4) is 0 Å². The van der Waals surface area contributed by atoms with Gasteiger partial charge in [-0.2, -0.15) is 0 Å². The Morgan fingerprint density at radius 1 is 1.09 bits per heavy atom. The van der Waals surface area contributed by atoms with Crippen LogP contribution in [0.5, 0.6) is 0 Å². The first kappa shape index (κ1) is 15.9. The third kappa shape index (κ3) is 5.52. The van der Waals surface area contributed by atoms with Crippen molar-refractivity contribution in [1.82, 2.24) is 15.6 Å². The number of nitrogens with one attached hydrogen (secondary N) is 2. The number of hydrogen-bond acceptors (Lipinski definition) is 2. The zero-order valence-electron chi connectivity index (χ0n) is 12.7. The molecule has 0 saturated carbocycles. The van der Waals surface area contributed by atoms with Gasteiger partial charge in [-0.3, -0.25) is 9.98 Å². The summed E-state index contributed by atoms with van der Waals surface area (Å²) < 4.78 is 13.1. The lowest BCUT2D eigenvalue weighted by atomic mass is 10.1. The number of rotatable bonds is 6. The van der Waals surface area contributed by atoms with E-state index in [0.717, 1.165) is 30.9 Å². The molecule has 2 aromatic rings. The molecule has 1 aromatic carbocycles. The van der Waals surface area contributed by atoms with Gasteiger partial charge in [-0.05, 0) is 42.2 Å². The van der Waals surface area contributed by atoms with Gasteiger partial charge < -0.3 is 10.6 Å². The number of pyridine rings is 1. The van der Waals surface area contributed by atoms with Crippen LogP contribution < -0.4 is 10.6 Å². The lowest BCUT2D eigenvalue weighted by Gasteiger charge is -2.11. The Hall–Kier alpha value is -2.43. The van der Waals surface area contributed by atoms with Crippen LogP contribution >= 0.6 is 0 Å². The smallest absolute Gasteiger partial charge is 0.190 e. The largest absolute Gasteiger partial charge is 0.356 e. The predicted molar refractivity (Wildman–Crippen MR) is 87.4 cm³/mol. The normalized spacial score (nSPS) is 11.3. The number of aliphatic imine (C=N–C) groups is 1. The molecule has 0 fully saturated rings. The van der Waals surface area contributed by atoms with Gasteiger partial charge in [-0.1, -0.05) is 18.2 Å². The van der Waals surface area contributed by atoms with Crippen molar-refractivity contribution < 1.29 is 4.39 Å². The van der Waals surface area contributed by atoms with Crippen molar-refractivity contribution in [3.05, 3.63) is 65.7 Å². The second kappa shape index (κ2) is 8.77. The summed E-state index contributed by atoms with van der Waals surface area (Å²) in [5, 5.41) is 6.48. The standard InChI is InChI=1S/C17H21FN4/c1-19-17(22-11-8-15-5-3-9-20-13-15)21-10-7-14-4-2-6-16(18)12-14/h2-6,9,12-13H,7-8,10-11H2,1H3,(H2,19,21,22). The zero-order valence-corrected chi connectivity index (χ0v) is 12.7. The summed E-state index contributed by atoms with van der Waals surface area (Å²) in [6, 6.07) is 10.6. The van der Waals surface area contributed by atoms with Crippen LogP contribution in [0.2, 0.25) is 0 Å². The van der Waals surface area contributed by atoms with Crippen molar-refractivity contribution in [3.63, 3.8) is 0 Å². The quantitative estimate of drug-likeness (QED) is 0.635. The molecule has 0 bridgehead atoms. The molecule has 0 spiro atoms. The number of aromatic nitrogens is 1. The molecule has 2 rings (SSSR count). The van der Waals surface area contributed by atoms with E-state index in [2.05, 4.69) is 26.7 Å². The summed E-state index contributed by atoms with van der Waals surface area (Å²) in [4.78, 5) is 8.26. The number of hydrogen-bond donors (Lipinski definition) is 2. The van der Waals surface area contributed by atoms with Crippen LogP contribution in [-0.2, 0) is 12.8 Å². The van der Waals surface area contributed by atoms with Gasteiger partial charge in [0.05, 0.1) is 0 Å². The van der Waals surface area contributed by atoms with Crippen LogP contribution in [0.1, 0.15) is 11.1 Å². The molecule has 4 nitrogen and oxygen atoms in total. The van der Waals surface area contributed by atoms with Gasteiger partial charge in [0.1, 0.15) is 5.82 Å². The maximum absolute atomic E-state index is 13.1. The highest BCUT2D eigenvalue weighted by molar-refractivity contribution is 5.79. The van der Waals surface area contributed by atoms with Crippen molar-refractivity contribution in [3.8, 4) is 0 Å². The average Bonchev–Trinajstić information content (AvgIpc) is 2.54. The topological polar surface area (TPSA) is 49.3 Å². The first-order valence-electron chi connectivity index (χ1n) is 7.36. The van der Waals surface area contributed by atoms with E-state index in [0.29, 0.717) is 6.54 Å². The highest BCUT2D eigenvalue weighted by atomic mass is 19.1. The molecule has 0 amide bonds. The van der Waals surface area contributed by atoms with Crippen LogP contribution in [-0.4, -0.2) is 31.1 Å². The number of guanidine groups is 1. The van der Waals surface area contributed by atoms with Crippen molar-refractivity contribution in [2.24, 2.45) is 4.99 Å². The zero-order chi connectivity index (χ0) is 15.6. The van der Waals surface area contributed by atoms with Gasteiger partial charge in [0.25, 0.3) is 0 Å². The molecule has 0 saturated heterocycles. The first-order chi connectivity index (χ1) is 10.8. The fraction of sp³-hybridized carbons (Fsp3) is 0.294. The molecule has 116 valence electrons. The molecule has 0 radical (unpaired) electrons. The van der Waals surface area contributed by atoms with Gasteiger partial charge in [0.2, 0.25) is 0 Å². The maximum atomic E-state index is 13.1. The predicted octanol–water partition coefficient (Wildman–Crippen LogP) is 2.17. The van der Waals surface area contributed by atoms with Crippen LogP contribution in [0.25, 0.3) is 0 Å². The van der Waals surface area contributed by atoms with E-state index in [-0.39, 0.29) is 5.82 Å². The van der Waals surface area contributed by atoms with E-state index >= 15 is 0 Å². The lowest BCUT2D eigenvalue weighted by molar-refractivity contribution is 0.625. The Labute approximate surface area is 130 Å². The summed E-state index contributed by atoms with van der Waals surface area (Å²) in [5.74, 6) is 0.553. The number of nitrogens with zero attached hydrogens (tertiary/aromatic N) is 2. The van der Waals surface area contributed by atoms with Crippen molar-refractivity contribution in [1.29, 1.82) is 0 Å².